The molecule has 138 valence electrons. The lowest BCUT2D eigenvalue weighted by Crippen LogP contribution is -2.10. The van der Waals surface area contributed by atoms with E-state index in [1.807, 2.05) is 24.4 Å². The van der Waals surface area contributed by atoms with E-state index >= 15 is 0 Å². The molecule has 3 heterocycles. The van der Waals surface area contributed by atoms with Crippen LogP contribution in [0.4, 0.5) is 5.82 Å². The first-order valence-electron chi connectivity index (χ1n) is 9.22. The molecule has 0 bridgehead atoms. The van der Waals surface area contributed by atoms with Gasteiger partial charge >= 0.3 is 0 Å². The smallest absolute Gasteiger partial charge is 0.152 e. The van der Waals surface area contributed by atoms with E-state index in [2.05, 4.69) is 45.5 Å². The zero-order valence-corrected chi connectivity index (χ0v) is 15.6. The average Bonchev–Trinajstić information content (AvgIpc) is 3.07. The minimum Gasteiger partial charge on any atom is -0.388 e. The van der Waals surface area contributed by atoms with Gasteiger partial charge in [-0.05, 0) is 23.6 Å². The van der Waals surface area contributed by atoms with Gasteiger partial charge in [0, 0.05) is 29.9 Å². The van der Waals surface area contributed by atoms with Crippen LogP contribution in [0.25, 0.3) is 33.1 Å². The predicted octanol–water partition coefficient (Wildman–Crippen LogP) is 3.77. The van der Waals surface area contributed by atoms with Gasteiger partial charge in [0.2, 0.25) is 0 Å². The minimum absolute atomic E-state index is 0.125. The summed E-state index contributed by atoms with van der Waals surface area (Å²) < 4.78 is 2.09. The van der Waals surface area contributed by atoms with Crippen LogP contribution in [0.3, 0.4) is 0 Å². The number of nitrogens with two attached hydrogens (primary N) is 1. The van der Waals surface area contributed by atoms with Crippen LogP contribution in [0.2, 0.25) is 0 Å². The lowest BCUT2D eigenvalue weighted by molar-refractivity contribution is 0.263. The van der Waals surface area contributed by atoms with E-state index in [1.54, 1.807) is 6.20 Å². The summed E-state index contributed by atoms with van der Waals surface area (Å²) in [6.45, 7) is 5.02. The molecule has 0 amide bonds. The van der Waals surface area contributed by atoms with Gasteiger partial charge in [-0.3, -0.25) is 4.98 Å². The molecule has 3 N–H and O–H groups in total. The van der Waals surface area contributed by atoms with E-state index in [4.69, 9.17) is 5.73 Å². The Hall–Kier alpha value is -2.99. The maximum atomic E-state index is 9.81. The highest BCUT2D eigenvalue weighted by atomic mass is 16.3. The number of pyridine rings is 2. The fourth-order valence-electron chi connectivity index (χ4n) is 3.43. The fourth-order valence-corrected chi connectivity index (χ4v) is 3.43. The van der Waals surface area contributed by atoms with Crippen molar-refractivity contribution in [1.29, 1.82) is 0 Å². The highest BCUT2D eigenvalue weighted by molar-refractivity contribution is 6.07. The van der Waals surface area contributed by atoms with Crippen LogP contribution in [0.5, 0.6) is 0 Å². The van der Waals surface area contributed by atoms with E-state index in [0.29, 0.717) is 23.1 Å². The molecule has 27 heavy (non-hydrogen) atoms. The van der Waals surface area contributed by atoms with E-state index in [0.717, 1.165) is 40.5 Å². The van der Waals surface area contributed by atoms with Crippen molar-refractivity contribution < 1.29 is 5.11 Å². The van der Waals surface area contributed by atoms with Gasteiger partial charge in [0.1, 0.15) is 17.9 Å². The Bertz CT molecular complexity index is 1100. The van der Waals surface area contributed by atoms with Crippen molar-refractivity contribution in [2.45, 2.75) is 33.4 Å². The number of aromatic nitrogens is 4. The first-order chi connectivity index (χ1) is 13.1. The van der Waals surface area contributed by atoms with Gasteiger partial charge in [0.25, 0.3) is 0 Å². The monoisotopic (exact) mass is 361 g/mol. The second kappa shape index (κ2) is 6.96. The molecular weight excluding hydrogens is 338 g/mol. The third kappa shape index (κ3) is 3.02. The van der Waals surface area contributed by atoms with E-state index in [-0.39, 0.29) is 6.61 Å². The van der Waals surface area contributed by atoms with Crippen LogP contribution < -0.4 is 5.73 Å². The summed E-state index contributed by atoms with van der Waals surface area (Å²) in [6.07, 6.45) is 4.64. The summed E-state index contributed by atoms with van der Waals surface area (Å²) in [5.74, 6) is 1.48. The number of imidazole rings is 1. The van der Waals surface area contributed by atoms with Crippen molar-refractivity contribution in [3.63, 3.8) is 0 Å². The van der Waals surface area contributed by atoms with Gasteiger partial charge < -0.3 is 15.4 Å². The predicted molar refractivity (Wildman–Crippen MR) is 108 cm³/mol. The second-order valence-electron chi connectivity index (χ2n) is 6.98. The molecule has 0 spiro atoms. The van der Waals surface area contributed by atoms with Gasteiger partial charge in [-0.1, -0.05) is 38.5 Å². The summed E-state index contributed by atoms with van der Waals surface area (Å²) in [4.78, 5) is 13.3. The number of hydrogen-bond donors (Lipinski definition) is 2. The van der Waals surface area contributed by atoms with Crippen LogP contribution in [0, 0.1) is 5.92 Å². The van der Waals surface area contributed by atoms with E-state index in [1.165, 1.54) is 0 Å². The third-order valence-corrected chi connectivity index (χ3v) is 5.11. The first-order valence-corrected chi connectivity index (χ1v) is 9.22. The Morgan fingerprint density at radius 3 is 2.74 bits per heavy atom. The molecule has 6 nitrogen and oxygen atoms in total. The molecule has 0 fully saturated rings. The molecule has 4 rings (SSSR count). The fraction of sp³-hybridized carbons (Fsp3) is 0.286. The molecule has 0 aliphatic rings. The Labute approximate surface area is 157 Å². The molecule has 0 aliphatic carbocycles. The molecule has 0 radical (unpaired) electrons. The molecule has 1 atom stereocenters. The second-order valence-corrected chi connectivity index (χ2v) is 6.98. The number of aliphatic hydroxyl groups excluding tert-OH is 1. The number of benzene rings is 1. The molecule has 0 saturated heterocycles. The number of anilines is 1. The number of fused-ring (bicyclic) bond motifs is 3. The van der Waals surface area contributed by atoms with Gasteiger partial charge in [0.05, 0.1) is 11.0 Å². The normalized spacial score (nSPS) is 12.7. The van der Waals surface area contributed by atoms with Crippen molar-refractivity contribution in [2.24, 2.45) is 5.92 Å². The van der Waals surface area contributed by atoms with Crippen LogP contribution in [-0.4, -0.2) is 24.6 Å². The maximum absolute atomic E-state index is 9.81. The maximum Gasteiger partial charge on any atom is 0.152 e. The summed E-state index contributed by atoms with van der Waals surface area (Å²) in [5, 5.41) is 10.8. The highest BCUT2D eigenvalue weighted by Crippen LogP contribution is 2.32. The van der Waals surface area contributed by atoms with Crippen LogP contribution in [-0.2, 0) is 13.2 Å². The van der Waals surface area contributed by atoms with Gasteiger partial charge in [0.15, 0.2) is 5.82 Å². The van der Waals surface area contributed by atoms with Crippen molar-refractivity contribution in [3.05, 3.63) is 48.5 Å². The quantitative estimate of drug-likeness (QED) is 0.565. The zero-order chi connectivity index (χ0) is 19.0. The Morgan fingerprint density at radius 1 is 1.19 bits per heavy atom. The Balaban J connectivity index is 1.98. The number of nitrogen functional groups attached to an aromatic ring is 1. The van der Waals surface area contributed by atoms with Gasteiger partial charge in [-0.15, -0.1) is 0 Å². The van der Waals surface area contributed by atoms with Crippen molar-refractivity contribution in [2.75, 3.05) is 5.73 Å². The molecular formula is C21H23N5O. The Morgan fingerprint density at radius 2 is 2.04 bits per heavy atom. The van der Waals surface area contributed by atoms with Crippen molar-refractivity contribution in [1.82, 2.24) is 19.5 Å². The first kappa shape index (κ1) is 17.4. The van der Waals surface area contributed by atoms with Gasteiger partial charge in [-0.2, -0.15) is 0 Å². The summed E-state index contributed by atoms with van der Waals surface area (Å²) >= 11 is 0. The number of hydrogen-bond acceptors (Lipinski definition) is 5. The molecule has 3 aromatic heterocycles. The molecule has 0 saturated carbocycles. The van der Waals surface area contributed by atoms with Gasteiger partial charge in [-0.25, -0.2) is 9.97 Å². The molecule has 1 aromatic carbocycles. The SMILES string of the molecule is CCC(C)Cn1c(CO)nc2c(N)nc3cc(-c4cccnc4)ccc3c21. The largest absolute Gasteiger partial charge is 0.388 e. The van der Waals surface area contributed by atoms with Crippen LogP contribution in [0.1, 0.15) is 26.1 Å². The van der Waals surface area contributed by atoms with E-state index < -0.39 is 0 Å². The average molecular weight is 361 g/mol. The zero-order valence-electron chi connectivity index (χ0n) is 15.6. The molecule has 6 heteroatoms. The molecule has 0 aliphatic heterocycles. The topological polar surface area (TPSA) is 89.8 Å². The number of aliphatic hydroxyl groups is 1. The summed E-state index contributed by atoms with van der Waals surface area (Å²) in [7, 11) is 0. The lowest BCUT2D eigenvalue weighted by Gasteiger charge is -2.14. The van der Waals surface area contributed by atoms with Crippen LogP contribution in [0.15, 0.2) is 42.7 Å². The third-order valence-electron chi connectivity index (χ3n) is 5.11. The van der Waals surface area contributed by atoms with Crippen LogP contribution >= 0.6 is 0 Å². The lowest BCUT2D eigenvalue weighted by atomic mass is 10.0. The summed E-state index contributed by atoms with van der Waals surface area (Å²) in [6, 6.07) is 10.1. The number of rotatable bonds is 5. The standard InChI is InChI=1S/C21H23N5O/c1-3-13(2)11-26-18(12-27)25-19-20(26)16-7-6-14(9-17(16)24-21(19)22)15-5-4-8-23-10-15/h4-10,13,27H,3,11-12H2,1-2H3,(H2,22,24). The highest BCUT2D eigenvalue weighted by Gasteiger charge is 2.18. The van der Waals surface area contributed by atoms with Crippen molar-refractivity contribution in [3.8, 4) is 11.1 Å². The van der Waals surface area contributed by atoms with Crippen molar-refractivity contribution >= 4 is 27.8 Å². The van der Waals surface area contributed by atoms with E-state index in [9.17, 15) is 5.11 Å². The Kier molecular flexibility index (Phi) is 4.49. The molecule has 4 aromatic rings. The molecule has 1 unspecified atom stereocenters. The summed E-state index contributed by atoms with van der Waals surface area (Å²) in [5.41, 5.74) is 10.7. The number of nitrogens with zero attached hydrogens (tertiary/aromatic N) is 4. The minimum atomic E-state index is -0.125.